The number of rotatable bonds is 5. The minimum Gasteiger partial charge on any atom is -0.352 e. The first-order chi connectivity index (χ1) is 11.4. The van der Waals surface area contributed by atoms with Crippen molar-refractivity contribution in [3.8, 4) is 0 Å². The van der Waals surface area contributed by atoms with E-state index in [1.54, 1.807) is 0 Å². The molecule has 0 aliphatic heterocycles. The highest BCUT2D eigenvalue weighted by molar-refractivity contribution is 7.14. The van der Waals surface area contributed by atoms with Crippen molar-refractivity contribution in [1.29, 1.82) is 0 Å². The highest BCUT2D eigenvalue weighted by Crippen LogP contribution is 2.29. The lowest BCUT2D eigenvalue weighted by Gasteiger charge is -2.22. The van der Waals surface area contributed by atoms with Gasteiger partial charge >= 0.3 is 6.03 Å². The van der Waals surface area contributed by atoms with Crippen LogP contribution in [0.4, 0.5) is 4.79 Å². The molecular formula is C16H24N4O3S. The summed E-state index contributed by atoms with van der Waals surface area (Å²) in [6.07, 6.45) is 5.00. The van der Waals surface area contributed by atoms with E-state index in [2.05, 4.69) is 16.2 Å². The Hall–Kier alpha value is -2.09. The Balaban J connectivity index is 1.95. The molecule has 5 N–H and O–H groups in total. The Morgan fingerprint density at radius 3 is 2.58 bits per heavy atom. The third-order valence-electron chi connectivity index (χ3n) is 4.31. The summed E-state index contributed by atoms with van der Waals surface area (Å²) in [7, 11) is 0. The van der Waals surface area contributed by atoms with Gasteiger partial charge in [-0.15, -0.1) is 11.3 Å². The van der Waals surface area contributed by atoms with Gasteiger partial charge in [-0.05, 0) is 43.2 Å². The number of hydrogen-bond donors (Lipinski definition) is 4. The fraction of sp³-hybridized carbons (Fsp3) is 0.562. The van der Waals surface area contributed by atoms with E-state index in [0.717, 1.165) is 25.7 Å². The quantitative estimate of drug-likeness (QED) is 0.602. The van der Waals surface area contributed by atoms with E-state index in [0.29, 0.717) is 11.3 Å². The molecule has 0 radical (unpaired) electrons. The summed E-state index contributed by atoms with van der Waals surface area (Å²) in [5.74, 6) is -0.939. The monoisotopic (exact) mass is 352 g/mol. The Labute approximate surface area is 145 Å². The molecule has 0 fully saturated rings. The van der Waals surface area contributed by atoms with Crippen molar-refractivity contribution in [2.24, 2.45) is 11.7 Å². The van der Waals surface area contributed by atoms with Gasteiger partial charge in [-0.25, -0.2) is 4.79 Å². The van der Waals surface area contributed by atoms with Gasteiger partial charge in [0.05, 0.1) is 4.88 Å². The normalized spacial score (nSPS) is 15.8. The molecule has 0 saturated carbocycles. The van der Waals surface area contributed by atoms with Crippen molar-refractivity contribution in [1.82, 2.24) is 16.2 Å². The van der Waals surface area contributed by atoms with Gasteiger partial charge in [0.1, 0.15) is 6.04 Å². The number of primary amides is 1. The fourth-order valence-electron chi connectivity index (χ4n) is 2.72. The molecule has 0 spiro atoms. The van der Waals surface area contributed by atoms with Crippen molar-refractivity contribution < 1.29 is 14.4 Å². The van der Waals surface area contributed by atoms with E-state index in [1.807, 2.05) is 19.9 Å². The third kappa shape index (κ3) is 4.47. The number of nitrogens with one attached hydrogen (secondary N) is 3. The van der Waals surface area contributed by atoms with Crippen LogP contribution in [0.25, 0.3) is 0 Å². The van der Waals surface area contributed by atoms with Crippen LogP contribution >= 0.6 is 11.3 Å². The van der Waals surface area contributed by atoms with E-state index < -0.39 is 18.0 Å². The maximum Gasteiger partial charge on any atom is 0.312 e. The molecule has 0 aromatic carbocycles. The van der Waals surface area contributed by atoms with Gasteiger partial charge in [-0.2, -0.15) is 0 Å². The average molecular weight is 352 g/mol. The van der Waals surface area contributed by atoms with E-state index in [4.69, 9.17) is 5.73 Å². The molecule has 4 amide bonds. The number of carbonyl (C=O) groups is 3. The average Bonchev–Trinajstić information content (AvgIpc) is 3.00. The summed E-state index contributed by atoms with van der Waals surface area (Å²) in [5, 5.41) is 2.41. The Morgan fingerprint density at radius 2 is 1.96 bits per heavy atom. The van der Waals surface area contributed by atoms with Crippen molar-refractivity contribution in [3.63, 3.8) is 0 Å². The van der Waals surface area contributed by atoms with Gasteiger partial charge in [0.2, 0.25) is 0 Å². The maximum absolute atomic E-state index is 12.2. The Bertz CT molecular complexity index is 605. The van der Waals surface area contributed by atoms with Crippen LogP contribution in [0.2, 0.25) is 0 Å². The summed E-state index contributed by atoms with van der Waals surface area (Å²) in [5.41, 5.74) is 11.1. The van der Waals surface area contributed by atoms with Gasteiger partial charge in [0, 0.05) is 4.88 Å². The highest BCUT2D eigenvalue weighted by atomic mass is 32.1. The van der Waals surface area contributed by atoms with E-state index in [9.17, 15) is 14.4 Å². The minimum atomic E-state index is -0.788. The van der Waals surface area contributed by atoms with Crippen LogP contribution in [0.3, 0.4) is 0 Å². The number of amides is 4. The number of fused-ring (bicyclic) bond motifs is 1. The predicted molar refractivity (Wildman–Crippen MR) is 92.5 cm³/mol. The molecule has 2 atom stereocenters. The number of hydrazine groups is 1. The number of aryl methyl sites for hydroxylation is 2. The topological polar surface area (TPSA) is 113 Å². The van der Waals surface area contributed by atoms with Gasteiger partial charge < -0.3 is 11.1 Å². The molecular weight excluding hydrogens is 328 g/mol. The number of nitrogens with two attached hydrogens (primary N) is 1. The van der Waals surface area contributed by atoms with Gasteiger partial charge in [-0.1, -0.05) is 20.3 Å². The second kappa shape index (κ2) is 8.14. The first kappa shape index (κ1) is 18.3. The molecule has 1 aromatic rings. The van der Waals surface area contributed by atoms with Crippen LogP contribution in [-0.4, -0.2) is 23.9 Å². The van der Waals surface area contributed by atoms with Crippen molar-refractivity contribution in [2.75, 3.05) is 0 Å². The molecule has 24 heavy (non-hydrogen) atoms. The largest absolute Gasteiger partial charge is 0.352 e. The number of urea groups is 1. The maximum atomic E-state index is 12.2. The first-order valence-electron chi connectivity index (χ1n) is 8.20. The third-order valence-corrected chi connectivity index (χ3v) is 5.55. The summed E-state index contributed by atoms with van der Waals surface area (Å²) in [4.78, 5) is 37.3. The predicted octanol–water partition coefficient (Wildman–Crippen LogP) is 1.47. The first-order valence-corrected chi connectivity index (χ1v) is 9.01. The highest BCUT2D eigenvalue weighted by Gasteiger charge is 2.26. The number of carbonyl (C=O) groups excluding carboxylic acids is 3. The number of hydrogen-bond acceptors (Lipinski definition) is 4. The standard InChI is InChI=1S/C16H24N4O3S/c1-3-9(2)13(18-16(17)23)15(22)20-19-14(21)12-8-10-6-4-5-7-11(10)24-12/h8-9,13H,3-7H2,1-2H3,(H,19,21)(H,20,22)(H3,17,18,23). The molecule has 1 heterocycles. The fourth-order valence-corrected chi connectivity index (χ4v) is 3.86. The zero-order valence-corrected chi connectivity index (χ0v) is 14.8. The molecule has 1 aliphatic carbocycles. The summed E-state index contributed by atoms with van der Waals surface area (Å²) >= 11 is 1.47. The Morgan fingerprint density at radius 1 is 1.25 bits per heavy atom. The molecule has 2 unspecified atom stereocenters. The molecule has 1 aromatic heterocycles. The second-order valence-electron chi connectivity index (χ2n) is 6.08. The number of thiophene rings is 1. The molecule has 7 nitrogen and oxygen atoms in total. The zero-order valence-electron chi connectivity index (χ0n) is 14.0. The minimum absolute atomic E-state index is 0.108. The lowest BCUT2D eigenvalue weighted by Crippen LogP contribution is -2.55. The smallest absolute Gasteiger partial charge is 0.312 e. The van der Waals surface area contributed by atoms with Crippen LogP contribution in [0.1, 0.15) is 53.2 Å². The SMILES string of the molecule is CCC(C)C(NC(N)=O)C(=O)NNC(=O)c1cc2c(s1)CCCC2. The Kier molecular flexibility index (Phi) is 6.19. The zero-order chi connectivity index (χ0) is 17.7. The summed E-state index contributed by atoms with van der Waals surface area (Å²) in [6.45, 7) is 3.73. The van der Waals surface area contributed by atoms with Gasteiger partial charge in [0.25, 0.3) is 11.8 Å². The van der Waals surface area contributed by atoms with Crippen LogP contribution in [0.15, 0.2) is 6.07 Å². The van der Waals surface area contributed by atoms with Gasteiger partial charge in [-0.3, -0.25) is 20.4 Å². The molecule has 8 heteroatoms. The van der Waals surface area contributed by atoms with Gasteiger partial charge in [0.15, 0.2) is 0 Å². The molecule has 0 bridgehead atoms. The van der Waals surface area contributed by atoms with Crippen molar-refractivity contribution in [3.05, 3.63) is 21.4 Å². The summed E-state index contributed by atoms with van der Waals surface area (Å²) in [6, 6.07) is 0.339. The van der Waals surface area contributed by atoms with E-state index in [-0.39, 0.29) is 11.8 Å². The molecule has 132 valence electrons. The summed E-state index contributed by atoms with van der Waals surface area (Å²) < 4.78 is 0. The second-order valence-corrected chi connectivity index (χ2v) is 7.22. The lowest BCUT2D eigenvalue weighted by atomic mass is 9.99. The van der Waals surface area contributed by atoms with Crippen LogP contribution in [0, 0.1) is 5.92 Å². The van der Waals surface area contributed by atoms with Crippen LogP contribution in [-0.2, 0) is 17.6 Å². The van der Waals surface area contributed by atoms with Crippen molar-refractivity contribution >= 4 is 29.2 Å². The van der Waals surface area contributed by atoms with Crippen molar-refractivity contribution in [2.45, 2.75) is 52.0 Å². The van der Waals surface area contributed by atoms with E-state index >= 15 is 0 Å². The molecule has 1 aliphatic rings. The lowest BCUT2D eigenvalue weighted by molar-refractivity contribution is -0.124. The van der Waals surface area contributed by atoms with E-state index in [1.165, 1.54) is 21.8 Å². The van der Waals surface area contributed by atoms with Crippen LogP contribution < -0.4 is 21.9 Å². The molecule has 0 saturated heterocycles. The van der Waals surface area contributed by atoms with Crippen LogP contribution in [0.5, 0.6) is 0 Å². The molecule has 2 rings (SSSR count).